The molecule has 0 rings (SSSR count). The van der Waals surface area contributed by atoms with Crippen LogP contribution in [0.25, 0.3) is 0 Å². The smallest absolute Gasteiger partial charge is 0.305 e. The molecule has 1 atom stereocenters. The van der Waals surface area contributed by atoms with E-state index < -0.39 is 0 Å². The molecule has 0 aromatic heterocycles. The fourth-order valence-corrected chi connectivity index (χ4v) is 1.10. The van der Waals surface area contributed by atoms with Gasteiger partial charge in [-0.25, -0.2) is 0 Å². The van der Waals surface area contributed by atoms with Crippen molar-refractivity contribution in [2.75, 3.05) is 7.11 Å². The lowest BCUT2D eigenvalue weighted by Gasteiger charge is -2.07. The molecule has 2 nitrogen and oxygen atoms in total. The van der Waals surface area contributed by atoms with Gasteiger partial charge in [0.1, 0.15) is 0 Å². The summed E-state index contributed by atoms with van der Waals surface area (Å²) in [5.41, 5.74) is 0. The zero-order chi connectivity index (χ0) is 8.69. The molecule has 0 saturated heterocycles. The largest absolute Gasteiger partial charge is 0.469 e. The standard InChI is InChI=1S/C9H18O2/c1-4-5-8(2)6-7-9(10)11-3/h8H,4-7H2,1-3H3/t8-/m1/s1. The van der Waals surface area contributed by atoms with Crippen molar-refractivity contribution < 1.29 is 9.53 Å². The molecular weight excluding hydrogens is 140 g/mol. The monoisotopic (exact) mass is 158 g/mol. The molecule has 0 aromatic rings. The Kier molecular flexibility index (Phi) is 5.90. The van der Waals surface area contributed by atoms with Gasteiger partial charge in [-0.3, -0.25) is 4.79 Å². The lowest BCUT2D eigenvalue weighted by Crippen LogP contribution is -2.03. The Balaban J connectivity index is 3.29. The average molecular weight is 158 g/mol. The van der Waals surface area contributed by atoms with Crippen molar-refractivity contribution >= 4 is 5.97 Å². The molecule has 66 valence electrons. The van der Waals surface area contributed by atoms with E-state index in [0.29, 0.717) is 12.3 Å². The number of hydrogen-bond donors (Lipinski definition) is 0. The summed E-state index contributed by atoms with van der Waals surface area (Å²) in [6, 6.07) is 0. The molecule has 0 aliphatic rings. The van der Waals surface area contributed by atoms with Crippen molar-refractivity contribution in [2.45, 2.75) is 39.5 Å². The van der Waals surface area contributed by atoms with Gasteiger partial charge in [-0.2, -0.15) is 0 Å². The van der Waals surface area contributed by atoms with Crippen molar-refractivity contribution in [2.24, 2.45) is 5.92 Å². The third kappa shape index (κ3) is 5.89. The van der Waals surface area contributed by atoms with Crippen LogP contribution in [0.4, 0.5) is 0 Å². The summed E-state index contributed by atoms with van der Waals surface area (Å²) in [4.78, 5) is 10.7. The predicted molar refractivity (Wildman–Crippen MR) is 45.3 cm³/mol. The van der Waals surface area contributed by atoms with Gasteiger partial charge >= 0.3 is 5.97 Å². The van der Waals surface area contributed by atoms with E-state index in [0.717, 1.165) is 6.42 Å². The van der Waals surface area contributed by atoms with E-state index in [9.17, 15) is 4.79 Å². The van der Waals surface area contributed by atoms with E-state index in [1.54, 1.807) is 0 Å². The summed E-state index contributed by atoms with van der Waals surface area (Å²) < 4.78 is 4.54. The van der Waals surface area contributed by atoms with Gasteiger partial charge in [0.2, 0.25) is 0 Å². The first-order chi connectivity index (χ1) is 5.20. The number of methoxy groups -OCH3 is 1. The Labute approximate surface area is 68.9 Å². The summed E-state index contributed by atoms with van der Waals surface area (Å²) in [6.45, 7) is 4.33. The maximum atomic E-state index is 10.7. The van der Waals surface area contributed by atoms with Crippen molar-refractivity contribution in [3.63, 3.8) is 0 Å². The molecule has 2 heteroatoms. The summed E-state index contributed by atoms with van der Waals surface area (Å²) in [7, 11) is 1.44. The van der Waals surface area contributed by atoms with E-state index in [1.807, 2.05) is 0 Å². The molecule has 0 radical (unpaired) electrons. The highest BCUT2D eigenvalue weighted by molar-refractivity contribution is 5.69. The number of ether oxygens (including phenoxy) is 1. The topological polar surface area (TPSA) is 26.3 Å². The molecule has 0 N–H and O–H groups in total. The number of rotatable bonds is 5. The fraction of sp³-hybridized carbons (Fsp3) is 0.889. The maximum Gasteiger partial charge on any atom is 0.305 e. The van der Waals surface area contributed by atoms with E-state index in [2.05, 4.69) is 18.6 Å². The highest BCUT2D eigenvalue weighted by Crippen LogP contribution is 2.12. The van der Waals surface area contributed by atoms with Gasteiger partial charge in [-0.1, -0.05) is 26.7 Å². The minimum atomic E-state index is -0.0899. The Bertz CT molecular complexity index is 110. The fourth-order valence-electron chi connectivity index (χ4n) is 1.10. The number of carbonyl (C=O) groups is 1. The molecule has 0 aromatic carbocycles. The summed E-state index contributed by atoms with van der Waals surface area (Å²) in [6.07, 6.45) is 3.93. The van der Waals surface area contributed by atoms with Crippen molar-refractivity contribution in [1.82, 2.24) is 0 Å². The van der Waals surface area contributed by atoms with Crippen molar-refractivity contribution in [1.29, 1.82) is 0 Å². The first-order valence-corrected chi connectivity index (χ1v) is 4.27. The van der Waals surface area contributed by atoms with Crippen LogP contribution in [-0.2, 0) is 9.53 Å². The Morgan fingerprint density at radius 2 is 2.09 bits per heavy atom. The predicted octanol–water partition coefficient (Wildman–Crippen LogP) is 2.38. The Morgan fingerprint density at radius 3 is 2.55 bits per heavy atom. The van der Waals surface area contributed by atoms with E-state index in [4.69, 9.17) is 0 Å². The molecule has 0 spiro atoms. The summed E-state index contributed by atoms with van der Waals surface area (Å²) >= 11 is 0. The van der Waals surface area contributed by atoms with Gasteiger partial charge < -0.3 is 4.74 Å². The van der Waals surface area contributed by atoms with Gasteiger partial charge in [-0.05, 0) is 12.3 Å². The Hall–Kier alpha value is -0.530. The van der Waals surface area contributed by atoms with Crippen LogP contribution in [0.15, 0.2) is 0 Å². The van der Waals surface area contributed by atoms with Crippen LogP contribution in [0.2, 0.25) is 0 Å². The molecule has 11 heavy (non-hydrogen) atoms. The first-order valence-electron chi connectivity index (χ1n) is 4.27. The maximum absolute atomic E-state index is 10.7. The highest BCUT2D eigenvalue weighted by Gasteiger charge is 2.04. The Morgan fingerprint density at radius 1 is 1.45 bits per heavy atom. The third-order valence-corrected chi connectivity index (χ3v) is 1.85. The SMILES string of the molecule is CCC[C@@H](C)CCC(=O)OC. The van der Waals surface area contributed by atoms with Gasteiger partial charge in [-0.15, -0.1) is 0 Å². The van der Waals surface area contributed by atoms with Gasteiger partial charge in [0.05, 0.1) is 7.11 Å². The molecule has 0 fully saturated rings. The van der Waals surface area contributed by atoms with Gasteiger partial charge in [0.15, 0.2) is 0 Å². The van der Waals surface area contributed by atoms with Crippen LogP contribution in [-0.4, -0.2) is 13.1 Å². The second kappa shape index (κ2) is 6.20. The number of esters is 1. The number of carbonyl (C=O) groups excluding carboxylic acids is 1. The number of hydrogen-bond acceptors (Lipinski definition) is 2. The van der Waals surface area contributed by atoms with Gasteiger partial charge in [0.25, 0.3) is 0 Å². The zero-order valence-electron chi connectivity index (χ0n) is 7.72. The van der Waals surface area contributed by atoms with Crippen LogP contribution in [0.5, 0.6) is 0 Å². The molecule has 0 unspecified atom stereocenters. The second-order valence-electron chi connectivity index (χ2n) is 3.01. The normalized spacial score (nSPS) is 12.6. The first kappa shape index (κ1) is 10.5. The average Bonchev–Trinajstić information content (AvgIpc) is 2.01. The van der Waals surface area contributed by atoms with Crippen LogP contribution in [0.3, 0.4) is 0 Å². The van der Waals surface area contributed by atoms with E-state index in [-0.39, 0.29) is 5.97 Å². The molecule has 0 saturated carbocycles. The van der Waals surface area contributed by atoms with Crippen LogP contribution >= 0.6 is 0 Å². The molecule has 0 bridgehead atoms. The molecule has 0 amide bonds. The minimum Gasteiger partial charge on any atom is -0.469 e. The zero-order valence-corrected chi connectivity index (χ0v) is 7.72. The summed E-state index contributed by atoms with van der Waals surface area (Å²) in [5.74, 6) is 0.562. The lowest BCUT2D eigenvalue weighted by molar-refractivity contribution is -0.140. The second-order valence-corrected chi connectivity index (χ2v) is 3.01. The van der Waals surface area contributed by atoms with E-state index in [1.165, 1.54) is 20.0 Å². The third-order valence-electron chi connectivity index (χ3n) is 1.85. The van der Waals surface area contributed by atoms with E-state index >= 15 is 0 Å². The molecule has 0 heterocycles. The molecule has 0 aliphatic heterocycles. The summed E-state index contributed by atoms with van der Waals surface area (Å²) in [5, 5.41) is 0. The lowest BCUT2D eigenvalue weighted by atomic mass is 10.0. The highest BCUT2D eigenvalue weighted by atomic mass is 16.5. The van der Waals surface area contributed by atoms with Crippen LogP contribution in [0.1, 0.15) is 39.5 Å². The van der Waals surface area contributed by atoms with Crippen LogP contribution in [0, 0.1) is 5.92 Å². The quantitative estimate of drug-likeness (QED) is 0.574. The van der Waals surface area contributed by atoms with Gasteiger partial charge in [0, 0.05) is 6.42 Å². The molecule has 0 aliphatic carbocycles. The van der Waals surface area contributed by atoms with Crippen molar-refractivity contribution in [3.8, 4) is 0 Å². The minimum absolute atomic E-state index is 0.0899. The van der Waals surface area contributed by atoms with Crippen molar-refractivity contribution in [3.05, 3.63) is 0 Å². The molecular formula is C9H18O2. The van der Waals surface area contributed by atoms with Crippen LogP contribution < -0.4 is 0 Å².